The number of hydrogen-bond donors (Lipinski definition) is 2. The van der Waals surface area contributed by atoms with Gasteiger partial charge in [-0.25, -0.2) is 9.78 Å². The van der Waals surface area contributed by atoms with E-state index in [1.807, 2.05) is 6.07 Å². The zero-order valence-corrected chi connectivity index (χ0v) is 20.2. The molecule has 5 nitrogen and oxygen atoms in total. The molecule has 1 aliphatic rings. The number of nitrogens with one attached hydrogen (secondary N) is 1. The van der Waals surface area contributed by atoms with Crippen LogP contribution in [0.5, 0.6) is 0 Å². The van der Waals surface area contributed by atoms with Crippen LogP contribution in [0.1, 0.15) is 54.1 Å². The van der Waals surface area contributed by atoms with Crippen molar-refractivity contribution in [1.29, 1.82) is 0 Å². The van der Waals surface area contributed by atoms with Gasteiger partial charge >= 0.3 is 5.97 Å². The van der Waals surface area contributed by atoms with Crippen LogP contribution in [0, 0.1) is 0 Å². The molecule has 1 fully saturated rings. The van der Waals surface area contributed by atoms with Gasteiger partial charge in [0, 0.05) is 29.2 Å². The first-order valence-corrected chi connectivity index (χ1v) is 12.7. The summed E-state index contributed by atoms with van der Waals surface area (Å²) in [4.78, 5) is 16.6. The van der Waals surface area contributed by atoms with Gasteiger partial charge in [0.2, 0.25) is 0 Å². The molecule has 180 valence electrons. The van der Waals surface area contributed by atoms with E-state index in [0.717, 1.165) is 41.0 Å². The topological polar surface area (TPSA) is 67.2 Å². The van der Waals surface area contributed by atoms with Gasteiger partial charge in [0.25, 0.3) is 0 Å². The van der Waals surface area contributed by atoms with E-state index in [0.29, 0.717) is 12.6 Å². The highest BCUT2D eigenvalue weighted by molar-refractivity contribution is 5.94. The third-order valence-corrected chi connectivity index (χ3v) is 7.33. The summed E-state index contributed by atoms with van der Waals surface area (Å²) in [5.74, 6) is -0.00127. The number of carboxylic acid groups (broad SMARTS) is 1. The molecule has 4 aromatic carbocycles. The summed E-state index contributed by atoms with van der Waals surface area (Å²) in [5, 5.41) is 15.5. The standard InChI is InChI=1S/C31H29N3O2/c35-31(36)24-16-17-29-28(19-24)33-30(34(29)25-12-2-1-3-13-25)23-11-6-8-21(18-23)20-32-27-15-7-10-22-9-4-5-14-26(22)27/h4-11,14-19,25,32H,1-3,12-13,20H2,(H,35,36). The molecule has 0 radical (unpaired) electrons. The molecule has 0 spiro atoms. The molecule has 0 unspecified atom stereocenters. The van der Waals surface area contributed by atoms with E-state index in [1.54, 1.807) is 12.1 Å². The lowest BCUT2D eigenvalue weighted by molar-refractivity contribution is 0.0697. The number of carboxylic acids is 1. The van der Waals surface area contributed by atoms with Crippen LogP contribution in [-0.4, -0.2) is 20.6 Å². The molecule has 1 aliphatic carbocycles. The quantitative estimate of drug-likeness (QED) is 0.264. The van der Waals surface area contributed by atoms with Crippen molar-refractivity contribution < 1.29 is 9.90 Å². The van der Waals surface area contributed by atoms with Crippen LogP contribution in [0.15, 0.2) is 84.9 Å². The number of aromatic carboxylic acids is 1. The first kappa shape index (κ1) is 22.4. The number of hydrogen-bond acceptors (Lipinski definition) is 3. The minimum Gasteiger partial charge on any atom is -0.478 e. The summed E-state index contributed by atoms with van der Waals surface area (Å²) in [7, 11) is 0. The molecular weight excluding hydrogens is 446 g/mol. The van der Waals surface area contributed by atoms with E-state index < -0.39 is 5.97 Å². The van der Waals surface area contributed by atoms with E-state index in [9.17, 15) is 9.90 Å². The lowest BCUT2D eigenvalue weighted by atomic mass is 9.94. The SMILES string of the molecule is O=C(O)c1ccc2c(c1)nc(-c1cccc(CNc3cccc4ccccc34)c1)n2C1CCCCC1. The fourth-order valence-corrected chi connectivity index (χ4v) is 5.54. The maximum Gasteiger partial charge on any atom is 0.335 e. The van der Waals surface area contributed by atoms with E-state index in [2.05, 4.69) is 76.6 Å². The zero-order valence-electron chi connectivity index (χ0n) is 20.2. The molecule has 1 saturated carbocycles. The smallest absolute Gasteiger partial charge is 0.335 e. The van der Waals surface area contributed by atoms with Crippen LogP contribution in [0.4, 0.5) is 5.69 Å². The summed E-state index contributed by atoms with van der Waals surface area (Å²) in [6.07, 6.45) is 5.96. The first-order valence-electron chi connectivity index (χ1n) is 12.7. The molecular formula is C31H29N3O2. The highest BCUT2D eigenvalue weighted by atomic mass is 16.4. The number of nitrogens with zero attached hydrogens (tertiary/aromatic N) is 2. The Morgan fingerprint density at radius 2 is 1.72 bits per heavy atom. The van der Waals surface area contributed by atoms with Crippen molar-refractivity contribution in [1.82, 2.24) is 9.55 Å². The number of carbonyl (C=O) groups is 1. The van der Waals surface area contributed by atoms with Crippen molar-refractivity contribution in [3.05, 3.63) is 96.1 Å². The van der Waals surface area contributed by atoms with Gasteiger partial charge in [-0.05, 0) is 54.1 Å². The predicted octanol–water partition coefficient (Wildman–Crippen LogP) is 7.67. The van der Waals surface area contributed by atoms with E-state index in [4.69, 9.17) is 4.98 Å². The van der Waals surface area contributed by atoms with E-state index in [1.165, 1.54) is 35.6 Å². The van der Waals surface area contributed by atoms with Crippen LogP contribution >= 0.6 is 0 Å². The lowest BCUT2D eigenvalue weighted by Crippen LogP contribution is -2.14. The zero-order chi connectivity index (χ0) is 24.5. The lowest BCUT2D eigenvalue weighted by Gasteiger charge is -2.25. The first-order chi connectivity index (χ1) is 17.7. The predicted molar refractivity (Wildman–Crippen MR) is 146 cm³/mol. The van der Waals surface area contributed by atoms with E-state index >= 15 is 0 Å². The van der Waals surface area contributed by atoms with Crippen LogP contribution < -0.4 is 5.32 Å². The molecule has 36 heavy (non-hydrogen) atoms. The maximum absolute atomic E-state index is 11.6. The van der Waals surface area contributed by atoms with Crippen LogP contribution in [0.3, 0.4) is 0 Å². The summed E-state index contributed by atoms with van der Waals surface area (Å²) < 4.78 is 2.36. The van der Waals surface area contributed by atoms with Gasteiger partial charge in [0.15, 0.2) is 0 Å². The minimum atomic E-state index is -0.924. The number of aromatic nitrogens is 2. The van der Waals surface area contributed by atoms with Crippen molar-refractivity contribution in [2.24, 2.45) is 0 Å². The molecule has 0 saturated heterocycles. The summed E-state index contributed by atoms with van der Waals surface area (Å²) in [6, 6.07) is 29.0. The summed E-state index contributed by atoms with van der Waals surface area (Å²) >= 11 is 0. The largest absolute Gasteiger partial charge is 0.478 e. The number of benzene rings is 4. The van der Waals surface area contributed by atoms with Gasteiger partial charge in [0.1, 0.15) is 5.82 Å². The Morgan fingerprint density at radius 3 is 2.58 bits per heavy atom. The minimum absolute atomic E-state index is 0.274. The van der Waals surface area contributed by atoms with Crippen LogP contribution in [0.25, 0.3) is 33.2 Å². The number of imidazole rings is 1. The summed E-state index contributed by atoms with van der Waals surface area (Å²) in [5.41, 5.74) is 5.39. The normalized spacial score (nSPS) is 14.3. The monoisotopic (exact) mass is 475 g/mol. The molecule has 2 N–H and O–H groups in total. The number of rotatable bonds is 6. The third-order valence-electron chi connectivity index (χ3n) is 7.33. The molecule has 5 heteroatoms. The maximum atomic E-state index is 11.6. The molecule has 1 heterocycles. The molecule has 6 rings (SSSR count). The molecule has 0 atom stereocenters. The molecule has 0 amide bonds. The van der Waals surface area contributed by atoms with Crippen molar-refractivity contribution in [2.75, 3.05) is 5.32 Å². The van der Waals surface area contributed by atoms with Crippen molar-refractivity contribution >= 4 is 33.5 Å². The van der Waals surface area contributed by atoms with Gasteiger partial charge in [-0.1, -0.05) is 73.9 Å². The number of anilines is 1. The molecule has 5 aromatic rings. The average molecular weight is 476 g/mol. The third kappa shape index (κ3) is 4.22. The Bertz CT molecular complexity index is 1560. The van der Waals surface area contributed by atoms with Gasteiger partial charge in [-0.15, -0.1) is 0 Å². The van der Waals surface area contributed by atoms with Gasteiger partial charge < -0.3 is 15.0 Å². The Kier molecular flexibility index (Phi) is 5.90. The van der Waals surface area contributed by atoms with Crippen molar-refractivity contribution in [3.63, 3.8) is 0 Å². The Balaban J connectivity index is 1.37. The Labute approximate surface area is 210 Å². The second kappa shape index (κ2) is 9.50. The second-order valence-corrected chi connectivity index (χ2v) is 9.69. The highest BCUT2D eigenvalue weighted by Crippen LogP contribution is 2.36. The average Bonchev–Trinajstić information content (AvgIpc) is 3.31. The van der Waals surface area contributed by atoms with Crippen molar-refractivity contribution in [3.8, 4) is 11.4 Å². The fourth-order valence-electron chi connectivity index (χ4n) is 5.54. The van der Waals surface area contributed by atoms with Crippen LogP contribution in [0.2, 0.25) is 0 Å². The van der Waals surface area contributed by atoms with Gasteiger partial charge in [-0.2, -0.15) is 0 Å². The molecule has 0 aliphatic heterocycles. The van der Waals surface area contributed by atoms with E-state index in [-0.39, 0.29) is 5.56 Å². The van der Waals surface area contributed by atoms with Crippen molar-refractivity contribution in [2.45, 2.75) is 44.7 Å². The number of fused-ring (bicyclic) bond motifs is 2. The Hall–Kier alpha value is -4.12. The molecule has 1 aromatic heterocycles. The fraction of sp³-hybridized carbons (Fsp3) is 0.226. The Morgan fingerprint density at radius 1 is 0.917 bits per heavy atom. The van der Waals surface area contributed by atoms with Crippen LogP contribution in [-0.2, 0) is 6.54 Å². The summed E-state index contributed by atoms with van der Waals surface area (Å²) in [6.45, 7) is 0.703. The van der Waals surface area contributed by atoms with Gasteiger partial charge in [-0.3, -0.25) is 0 Å². The molecule has 0 bridgehead atoms. The highest BCUT2D eigenvalue weighted by Gasteiger charge is 2.23. The van der Waals surface area contributed by atoms with Gasteiger partial charge in [0.05, 0.1) is 16.6 Å². The second-order valence-electron chi connectivity index (χ2n) is 9.69.